The number of carbonyl (C=O) groups is 1. The number of nitrogens with zero attached hydrogens (tertiary/aromatic N) is 3. The third-order valence-electron chi connectivity index (χ3n) is 6.04. The van der Waals surface area contributed by atoms with Crippen LogP contribution < -0.4 is 0 Å². The van der Waals surface area contributed by atoms with Crippen molar-refractivity contribution in [3.05, 3.63) is 35.8 Å². The van der Waals surface area contributed by atoms with Gasteiger partial charge in [-0.1, -0.05) is 19.3 Å². The van der Waals surface area contributed by atoms with Gasteiger partial charge in [-0.15, -0.1) is 12.4 Å². The van der Waals surface area contributed by atoms with Gasteiger partial charge in [0.15, 0.2) is 0 Å². The van der Waals surface area contributed by atoms with E-state index in [0.717, 1.165) is 43.6 Å². The molecule has 4 nitrogen and oxygen atoms in total. The Hall–Kier alpha value is -1.59. The van der Waals surface area contributed by atoms with Crippen LogP contribution in [0.4, 0.5) is 4.39 Å². The molecule has 0 unspecified atom stereocenters. The molecule has 0 bridgehead atoms. The van der Waals surface area contributed by atoms with E-state index in [1.54, 1.807) is 0 Å². The van der Waals surface area contributed by atoms with Gasteiger partial charge in [-0.3, -0.25) is 4.79 Å². The highest BCUT2D eigenvalue weighted by atomic mass is 35.5. The Labute approximate surface area is 166 Å². The van der Waals surface area contributed by atoms with Crippen LogP contribution in [-0.2, 0) is 6.54 Å². The number of carbonyl (C=O) groups excluding carboxylic acids is 1. The SMILES string of the molecule is CN1CCN(C(=O)c2cn(CC3CCCCC3)c3ccc(F)cc23)CC1.Cl. The van der Waals surface area contributed by atoms with Crippen molar-refractivity contribution in [2.24, 2.45) is 5.92 Å². The standard InChI is InChI=1S/C21H28FN3O.ClH/c1-23-9-11-24(12-10-23)21(26)19-15-25(14-16-5-3-2-4-6-16)20-8-7-17(22)13-18(19)20;/h7-8,13,15-16H,2-6,9-12,14H2,1H3;1H. The van der Waals surface area contributed by atoms with Gasteiger partial charge in [0.2, 0.25) is 0 Å². The molecule has 2 aromatic rings. The molecule has 1 aromatic heterocycles. The fraction of sp³-hybridized carbons (Fsp3) is 0.571. The van der Waals surface area contributed by atoms with E-state index in [0.29, 0.717) is 11.5 Å². The molecule has 1 aliphatic heterocycles. The predicted molar refractivity (Wildman–Crippen MR) is 109 cm³/mol. The highest BCUT2D eigenvalue weighted by molar-refractivity contribution is 6.07. The third-order valence-corrected chi connectivity index (χ3v) is 6.04. The van der Waals surface area contributed by atoms with Gasteiger partial charge in [0, 0.05) is 49.8 Å². The van der Waals surface area contributed by atoms with Crippen molar-refractivity contribution in [2.75, 3.05) is 33.2 Å². The molecule has 2 fully saturated rings. The lowest BCUT2D eigenvalue weighted by Crippen LogP contribution is -2.47. The summed E-state index contributed by atoms with van der Waals surface area (Å²) in [5.41, 5.74) is 1.63. The third kappa shape index (κ3) is 4.30. The number of likely N-dealkylation sites (N-methyl/N-ethyl adjacent to an activating group) is 1. The number of halogens is 2. The Morgan fingerprint density at radius 2 is 1.81 bits per heavy atom. The van der Waals surface area contributed by atoms with Crippen molar-refractivity contribution in [3.8, 4) is 0 Å². The summed E-state index contributed by atoms with van der Waals surface area (Å²) in [6, 6.07) is 4.86. The van der Waals surface area contributed by atoms with Crippen LogP contribution in [0.25, 0.3) is 10.9 Å². The molecule has 0 N–H and O–H groups in total. The molecule has 0 atom stereocenters. The van der Waals surface area contributed by atoms with Gasteiger partial charge in [0.1, 0.15) is 5.82 Å². The second-order valence-corrected chi connectivity index (χ2v) is 7.96. The minimum atomic E-state index is -0.277. The monoisotopic (exact) mass is 393 g/mol. The van der Waals surface area contributed by atoms with Crippen molar-refractivity contribution in [2.45, 2.75) is 38.6 Å². The lowest BCUT2D eigenvalue weighted by Gasteiger charge is -2.32. The fourth-order valence-corrected chi connectivity index (χ4v) is 4.42. The van der Waals surface area contributed by atoms with Crippen LogP contribution in [0.2, 0.25) is 0 Å². The van der Waals surface area contributed by atoms with E-state index in [-0.39, 0.29) is 24.1 Å². The van der Waals surface area contributed by atoms with Crippen LogP contribution >= 0.6 is 12.4 Å². The average Bonchev–Trinajstić information content (AvgIpc) is 3.00. The zero-order valence-corrected chi connectivity index (χ0v) is 16.8. The number of rotatable bonds is 3. The number of amides is 1. The van der Waals surface area contributed by atoms with Crippen molar-refractivity contribution >= 4 is 29.2 Å². The van der Waals surface area contributed by atoms with Crippen LogP contribution in [0, 0.1) is 11.7 Å². The van der Waals surface area contributed by atoms with Gasteiger partial charge in [-0.2, -0.15) is 0 Å². The van der Waals surface area contributed by atoms with Crippen molar-refractivity contribution in [1.29, 1.82) is 0 Å². The van der Waals surface area contributed by atoms with E-state index >= 15 is 0 Å². The first-order valence-corrected chi connectivity index (χ1v) is 9.88. The zero-order chi connectivity index (χ0) is 18.1. The summed E-state index contributed by atoms with van der Waals surface area (Å²) in [5, 5.41) is 0.754. The quantitative estimate of drug-likeness (QED) is 0.782. The Bertz CT molecular complexity index is 792. The van der Waals surface area contributed by atoms with Crippen molar-refractivity contribution in [3.63, 3.8) is 0 Å². The smallest absolute Gasteiger partial charge is 0.256 e. The molecule has 1 saturated heterocycles. The van der Waals surface area contributed by atoms with Gasteiger partial charge in [-0.25, -0.2) is 4.39 Å². The molecule has 1 amide bonds. The summed E-state index contributed by atoms with van der Waals surface area (Å²) in [6.45, 7) is 4.18. The minimum Gasteiger partial charge on any atom is -0.346 e. The molecule has 4 rings (SSSR count). The van der Waals surface area contributed by atoms with E-state index in [2.05, 4.69) is 16.5 Å². The van der Waals surface area contributed by atoms with Crippen LogP contribution in [0.1, 0.15) is 42.5 Å². The van der Waals surface area contributed by atoms with Crippen LogP contribution in [0.5, 0.6) is 0 Å². The van der Waals surface area contributed by atoms with Gasteiger partial charge >= 0.3 is 0 Å². The number of hydrogen-bond donors (Lipinski definition) is 0. The summed E-state index contributed by atoms with van der Waals surface area (Å²) in [4.78, 5) is 17.2. The van der Waals surface area contributed by atoms with Gasteiger partial charge < -0.3 is 14.4 Å². The molecule has 1 aromatic carbocycles. The molecule has 6 heteroatoms. The normalized spacial score (nSPS) is 19.3. The van der Waals surface area contributed by atoms with E-state index in [1.165, 1.54) is 44.2 Å². The fourth-order valence-electron chi connectivity index (χ4n) is 4.42. The van der Waals surface area contributed by atoms with Gasteiger partial charge in [-0.05, 0) is 44.0 Å². The highest BCUT2D eigenvalue weighted by Gasteiger charge is 2.25. The number of aromatic nitrogens is 1. The minimum absolute atomic E-state index is 0. The average molecular weight is 394 g/mol. The first-order chi connectivity index (χ1) is 12.6. The topological polar surface area (TPSA) is 28.5 Å². The second-order valence-electron chi connectivity index (χ2n) is 7.96. The molecular formula is C21H29ClFN3O. The van der Waals surface area contributed by atoms with Crippen molar-refractivity contribution in [1.82, 2.24) is 14.4 Å². The number of piperazine rings is 1. The van der Waals surface area contributed by atoms with Crippen LogP contribution in [0.15, 0.2) is 24.4 Å². The summed E-state index contributed by atoms with van der Waals surface area (Å²) >= 11 is 0. The van der Waals surface area contributed by atoms with E-state index in [1.807, 2.05) is 17.2 Å². The lowest BCUT2D eigenvalue weighted by molar-refractivity contribution is 0.0666. The number of benzene rings is 1. The summed E-state index contributed by atoms with van der Waals surface area (Å²) < 4.78 is 16.1. The van der Waals surface area contributed by atoms with Crippen LogP contribution in [-0.4, -0.2) is 53.5 Å². The Balaban J connectivity index is 0.00000210. The van der Waals surface area contributed by atoms with E-state index < -0.39 is 0 Å². The molecule has 2 aliphatic rings. The summed E-state index contributed by atoms with van der Waals surface area (Å²) in [7, 11) is 2.08. The lowest BCUT2D eigenvalue weighted by atomic mass is 9.89. The molecule has 0 radical (unpaired) electrons. The van der Waals surface area contributed by atoms with E-state index in [4.69, 9.17) is 0 Å². The van der Waals surface area contributed by atoms with Crippen molar-refractivity contribution < 1.29 is 9.18 Å². The van der Waals surface area contributed by atoms with Gasteiger partial charge in [0.25, 0.3) is 5.91 Å². The molecule has 148 valence electrons. The molecule has 1 aliphatic carbocycles. The van der Waals surface area contributed by atoms with Crippen LogP contribution in [0.3, 0.4) is 0 Å². The first-order valence-electron chi connectivity index (χ1n) is 9.88. The highest BCUT2D eigenvalue weighted by Crippen LogP contribution is 2.29. The molecule has 2 heterocycles. The Morgan fingerprint density at radius 1 is 1.11 bits per heavy atom. The maximum absolute atomic E-state index is 13.9. The largest absolute Gasteiger partial charge is 0.346 e. The first kappa shape index (κ1) is 20.2. The maximum Gasteiger partial charge on any atom is 0.256 e. The Kier molecular flexibility index (Phi) is 6.43. The zero-order valence-electron chi connectivity index (χ0n) is 16.0. The summed E-state index contributed by atoms with van der Waals surface area (Å²) in [5.74, 6) is 0.424. The second kappa shape index (κ2) is 8.61. The maximum atomic E-state index is 13.9. The summed E-state index contributed by atoms with van der Waals surface area (Å²) in [6.07, 6.45) is 8.41. The number of hydrogen-bond acceptors (Lipinski definition) is 2. The molecule has 27 heavy (non-hydrogen) atoms. The van der Waals surface area contributed by atoms with E-state index in [9.17, 15) is 9.18 Å². The molecule has 1 saturated carbocycles. The van der Waals surface area contributed by atoms with Gasteiger partial charge in [0.05, 0.1) is 5.56 Å². The molecule has 0 spiro atoms. The Morgan fingerprint density at radius 3 is 2.52 bits per heavy atom. The molecular weight excluding hydrogens is 365 g/mol. The predicted octanol–water partition coefficient (Wildman–Crippen LogP) is 4.17. The number of fused-ring (bicyclic) bond motifs is 1.